The molecule has 0 N–H and O–H groups in total. The Labute approximate surface area is 360 Å². The van der Waals surface area contributed by atoms with E-state index in [2.05, 4.69) is 202 Å². The van der Waals surface area contributed by atoms with Crippen molar-refractivity contribution in [1.82, 2.24) is 9.97 Å². The molecule has 292 valence electrons. The van der Waals surface area contributed by atoms with Crippen molar-refractivity contribution in [3.63, 3.8) is 0 Å². The highest BCUT2D eigenvalue weighted by Gasteiger charge is 2.36. The topological polar surface area (TPSA) is 38.9 Å². The van der Waals surface area contributed by atoms with Gasteiger partial charge in [0, 0.05) is 38.4 Å². The summed E-state index contributed by atoms with van der Waals surface area (Å²) in [6.07, 6.45) is 0. The molecule has 0 saturated heterocycles. The first-order valence-electron chi connectivity index (χ1n) is 21.3. The van der Waals surface area contributed by atoms with Gasteiger partial charge in [0.15, 0.2) is 5.82 Å². The lowest BCUT2D eigenvalue weighted by molar-refractivity contribution is 0.660. The molecule has 1 aliphatic carbocycles. The lowest BCUT2D eigenvalue weighted by atomic mass is 9.81. The normalized spacial score (nSPS) is 12.8. The van der Waals surface area contributed by atoms with E-state index in [1.807, 2.05) is 18.2 Å². The van der Waals surface area contributed by atoms with Crippen molar-refractivity contribution in [2.45, 2.75) is 19.3 Å². The van der Waals surface area contributed by atoms with Gasteiger partial charge in [0.05, 0.1) is 11.4 Å². The molecule has 3 nitrogen and oxygen atoms in total. The summed E-state index contributed by atoms with van der Waals surface area (Å²) in [4.78, 5) is 10.8. The van der Waals surface area contributed by atoms with Crippen LogP contribution in [0.25, 0.3) is 111 Å². The quantitative estimate of drug-likeness (QED) is 0.168. The van der Waals surface area contributed by atoms with Gasteiger partial charge in [0.1, 0.15) is 11.2 Å². The highest BCUT2D eigenvalue weighted by molar-refractivity contribution is 6.10. The fraction of sp³-hybridized carbons (Fsp3) is 0.0508. The van der Waals surface area contributed by atoms with Crippen LogP contribution in [0.5, 0.6) is 0 Å². The molecule has 3 heteroatoms. The Balaban J connectivity index is 1.11. The third-order valence-corrected chi connectivity index (χ3v) is 12.9. The first kappa shape index (κ1) is 36.0. The average Bonchev–Trinajstić information content (AvgIpc) is 3.83. The van der Waals surface area contributed by atoms with E-state index in [1.54, 1.807) is 0 Å². The average molecular weight is 793 g/mol. The van der Waals surface area contributed by atoms with Crippen molar-refractivity contribution in [2.75, 3.05) is 0 Å². The molecular formula is C59H40N2O. The highest BCUT2D eigenvalue weighted by atomic mass is 16.3. The smallest absolute Gasteiger partial charge is 0.160 e. The molecule has 2 heterocycles. The Morgan fingerprint density at radius 3 is 1.81 bits per heavy atom. The summed E-state index contributed by atoms with van der Waals surface area (Å²) in [5.41, 5.74) is 18.3. The number of rotatable bonds is 6. The van der Waals surface area contributed by atoms with Crippen LogP contribution in [-0.2, 0) is 5.41 Å². The van der Waals surface area contributed by atoms with Crippen molar-refractivity contribution in [3.8, 4) is 78.4 Å². The maximum absolute atomic E-state index is 6.65. The molecular weight excluding hydrogens is 753 g/mol. The molecule has 0 amide bonds. The summed E-state index contributed by atoms with van der Waals surface area (Å²) in [5, 5.41) is 4.60. The summed E-state index contributed by atoms with van der Waals surface area (Å²) in [7, 11) is 0. The van der Waals surface area contributed by atoms with E-state index in [9.17, 15) is 0 Å². The van der Waals surface area contributed by atoms with Crippen LogP contribution in [-0.4, -0.2) is 9.97 Å². The highest BCUT2D eigenvalue weighted by Crippen LogP contribution is 2.53. The van der Waals surface area contributed by atoms with Crippen molar-refractivity contribution >= 4 is 32.7 Å². The largest absolute Gasteiger partial charge is 0.455 e. The van der Waals surface area contributed by atoms with Crippen molar-refractivity contribution < 1.29 is 4.42 Å². The summed E-state index contributed by atoms with van der Waals surface area (Å²) in [5.74, 6) is 0.675. The standard InChI is InChI=1S/C59H40N2O/c1-59(2)51-30-12-10-25-50(51)56-48(28-16-31-52(56)59)45-22-8-9-23-46(45)54-36-53(60-58(61-54)38-18-4-3-5-19-38)41-34-39(43-26-14-20-37-17-6-7-21-42(37)43)33-40(35-41)44-27-15-29-49-47-24-11-13-32-55(47)62-57(44)49/h3-36H,1-2H3. The number of benzene rings is 9. The van der Waals surface area contributed by atoms with Crippen LogP contribution in [0.15, 0.2) is 211 Å². The number of furan rings is 1. The predicted molar refractivity (Wildman–Crippen MR) is 257 cm³/mol. The van der Waals surface area contributed by atoms with E-state index >= 15 is 0 Å². The first-order chi connectivity index (χ1) is 30.5. The molecule has 0 spiro atoms. The maximum atomic E-state index is 6.65. The maximum Gasteiger partial charge on any atom is 0.160 e. The van der Waals surface area contributed by atoms with Gasteiger partial charge in [-0.1, -0.05) is 190 Å². The fourth-order valence-electron chi connectivity index (χ4n) is 9.91. The van der Waals surface area contributed by atoms with Gasteiger partial charge in [-0.25, -0.2) is 9.97 Å². The second kappa shape index (κ2) is 14.1. The van der Waals surface area contributed by atoms with Crippen LogP contribution in [0.3, 0.4) is 0 Å². The SMILES string of the molecule is CC1(C)c2ccccc2-c2c(-c3ccccc3-c3cc(-c4cc(-c5cccc6ccccc56)cc(-c5cccc6c5oc5ccccc56)c4)nc(-c4ccccc4)n3)cccc21. The van der Waals surface area contributed by atoms with Crippen LogP contribution in [0, 0.1) is 0 Å². The summed E-state index contributed by atoms with van der Waals surface area (Å²) in [6, 6.07) is 73.7. The van der Waals surface area contributed by atoms with E-state index < -0.39 is 0 Å². The Hall–Kier alpha value is -7.88. The Kier molecular flexibility index (Phi) is 8.20. The second-order valence-corrected chi connectivity index (χ2v) is 16.9. The number of nitrogens with zero attached hydrogens (tertiary/aromatic N) is 2. The van der Waals surface area contributed by atoms with E-state index in [-0.39, 0.29) is 5.41 Å². The van der Waals surface area contributed by atoms with E-state index in [0.29, 0.717) is 5.82 Å². The van der Waals surface area contributed by atoms with E-state index in [1.165, 1.54) is 38.6 Å². The van der Waals surface area contributed by atoms with Gasteiger partial charge in [0.25, 0.3) is 0 Å². The van der Waals surface area contributed by atoms with Gasteiger partial charge < -0.3 is 4.42 Å². The number of hydrogen-bond donors (Lipinski definition) is 0. The van der Waals surface area contributed by atoms with Crippen LogP contribution >= 0.6 is 0 Å². The summed E-state index contributed by atoms with van der Waals surface area (Å²) < 4.78 is 6.65. The second-order valence-electron chi connectivity index (χ2n) is 16.9. The van der Waals surface area contributed by atoms with Crippen LogP contribution < -0.4 is 0 Å². The number of fused-ring (bicyclic) bond motifs is 7. The lowest BCUT2D eigenvalue weighted by Crippen LogP contribution is -2.14. The molecule has 62 heavy (non-hydrogen) atoms. The molecule has 0 unspecified atom stereocenters. The van der Waals surface area contributed by atoms with E-state index in [4.69, 9.17) is 14.4 Å². The van der Waals surface area contributed by atoms with Crippen LogP contribution in [0.1, 0.15) is 25.0 Å². The zero-order valence-electron chi connectivity index (χ0n) is 34.4. The van der Waals surface area contributed by atoms with Gasteiger partial charge in [0.2, 0.25) is 0 Å². The Morgan fingerprint density at radius 2 is 0.935 bits per heavy atom. The minimum Gasteiger partial charge on any atom is -0.455 e. The molecule has 11 aromatic rings. The fourth-order valence-corrected chi connectivity index (χ4v) is 9.91. The third kappa shape index (κ3) is 5.73. The van der Waals surface area contributed by atoms with Crippen LogP contribution in [0.2, 0.25) is 0 Å². The van der Waals surface area contributed by atoms with Gasteiger partial charge in [-0.2, -0.15) is 0 Å². The molecule has 1 aliphatic rings. The van der Waals surface area contributed by atoms with Gasteiger partial charge in [-0.15, -0.1) is 0 Å². The molecule has 0 saturated carbocycles. The van der Waals surface area contributed by atoms with Crippen molar-refractivity contribution in [3.05, 3.63) is 217 Å². The van der Waals surface area contributed by atoms with E-state index in [0.717, 1.165) is 77.8 Å². The predicted octanol–water partition coefficient (Wildman–Crippen LogP) is 15.8. The minimum atomic E-state index is -0.112. The molecule has 0 radical (unpaired) electrons. The molecule has 12 rings (SSSR count). The number of aromatic nitrogens is 2. The minimum absolute atomic E-state index is 0.112. The van der Waals surface area contributed by atoms with Crippen LogP contribution in [0.4, 0.5) is 0 Å². The molecule has 0 atom stereocenters. The van der Waals surface area contributed by atoms with Crippen molar-refractivity contribution in [1.29, 1.82) is 0 Å². The zero-order valence-corrected chi connectivity index (χ0v) is 34.4. The van der Waals surface area contributed by atoms with Gasteiger partial charge in [-0.3, -0.25) is 0 Å². The molecule has 0 fully saturated rings. The lowest BCUT2D eigenvalue weighted by Gasteiger charge is -2.22. The molecule has 0 aliphatic heterocycles. The van der Waals surface area contributed by atoms with Gasteiger partial charge in [-0.05, 0) is 91.2 Å². The zero-order chi connectivity index (χ0) is 41.4. The molecule has 2 aromatic heterocycles. The van der Waals surface area contributed by atoms with Gasteiger partial charge >= 0.3 is 0 Å². The molecule has 9 aromatic carbocycles. The first-order valence-corrected chi connectivity index (χ1v) is 21.3. The monoisotopic (exact) mass is 792 g/mol. The third-order valence-electron chi connectivity index (χ3n) is 12.9. The molecule has 0 bridgehead atoms. The summed E-state index contributed by atoms with van der Waals surface area (Å²) in [6.45, 7) is 4.68. The Morgan fingerprint density at radius 1 is 0.371 bits per heavy atom. The number of para-hydroxylation sites is 2. The summed E-state index contributed by atoms with van der Waals surface area (Å²) >= 11 is 0. The Bertz CT molecular complexity index is 3550. The van der Waals surface area contributed by atoms with Crippen molar-refractivity contribution in [2.24, 2.45) is 0 Å². The number of hydrogen-bond acceptors (Lipinski definition) is 3.